The van der Waals surface area contributed by atoms with Crippen molar-refractivity contribution >= 4 is 17.3 Å². The van der Waals surface area contributed by atoms with E-state index in [1.165, 1.54) is 12.8 Å². The van der Waals surface area contributed by atoms with E-state index in [0.29, 0.717) is 5.75 Å². The highest BCUT2D eigenvalue weighted by Crippen LogP contribution is 2.28. The Hall–Kier alpha value is -2.49. The lowest BCUT2D eigenvalue weighted by Gasteiger charge is -2.22. The largest absolute Gasteiger partial charge is 0.481 e. The molecule has 4 heteroatoms. The number of hydrogen-bond acceptors (Lipinski definition) is 3. The first-order valence-corrected chi connectivity index (χ1v) is 8.51. The maximum Gasteiger partial charge on any atom is 0.265 e. The van der Waals surface area contributed by atoms with Gasteiger partial charge in [-0.05, 0) is 56.5 Å². The lowest BCUT2D eigenvalue weighted by Crippen LogP contribution is -2.31. The van der Waals surface area contributed by atoms with Crippen LogP contribution in [-0.2, 0) is 4.79 Å². The molecule has 2 aromatic carbocycles. The van der Waals surface area contributed by atoms with Gasteiger partial charge in [-0.2, -0.15) is 0 Å². The number of hydrogen-bond donors (Lipinski definition) is 1. The highest BCUT2D eigenvalue weighted by molar-refractivity contribution is 5.97. The van der Waals surface area contributed by atoms with E-state index in [4.69, 9.17) is 4.74 Å². The van der Waals surface area contributed by atoms with E-state index in [0.717, 1.165) is 30.0 Å². The maximum atomic E-state index is 12.5. The number of rotatable bonds is 5. The Labute approximate surface area is 143 Å². The number of carbonyl (C=O) groups excluding carboxylic acids is 1. The van der Waals surface area contributed by atoms with E-state index in [9.17, 15) is 4.79 Å². The van der Waals surface area contributed by atoms with Gasteiger partial charge in [0.15, 0.2) is 6.10 Å². The summed E-state index contributed by atoms with van der Waals surface area (Å²) in [4.78, 5) is 14.8. The van der Waals surface area contributed by atoms with Gasteiger partial charge in [0.25, 0.3) is 5.91 Å². The molecule has 1 amide bonds. The summed E-state index contributed by atoms with van der Waals surface area (Å²) in [5.41, 5.74) is 3.05. The van der Waals surface area contributed by atoms with Gasteiger partial charge in [-0.25, -0.2) is 0 Å². The van der Waals surface area contributed by atoms with E-state index in [1.807, 2.05) is 49.4 Å². The number of benzene rings is 2. The highest BCUT2D eigenvalue weighted by atomic mass is 16.5. The second-order valence-corrected chi connectivity index (χ2v) is 6.28. The molecule has 0 aromatic heterocycles. The van der Waals surface area contributed by atoms with Crippen molar-refractivity contribution in [3.8, 4) is 5.75 Å². The fourth-order valence-electron chi connectivity index (χ4n) is 2.99. The molecule has 0 unspecified atom stereocenters. The first kappa shape index (κ1) is 16.4. The quantitative estimate of drug-likeness (QED) is 0.904. The smallest absolute Gasteiger partial charge is 0.265 e. The van der Waals surface area contributed by atoms with Crippen molar-refractivity contribution < 1.29 is 9.53 Å². The normalized spacial score (nSPS) is 15.2. The Morgan fingerprint density at radius 1 is 1.12 bits per heavy atom. The predicted molar refractivity (Wildman–Crippen MR) is 97.8 cm³/mol. The molecule has 24 heavy (non-hydrogen) atoms. The number of amides is 1. The first-order chi connectivity index (χ1) is 11.6. The predicted octanol–water partition coefficient (Wildman–Crippen LogP) is 4.00. The third-order valence-electron chi connectivity index (χ3n) is 4.28. The molecule has 1 aliphatic rings. The van der Waals surface area contributed by atoms with E-state index >= 15 is 0 Å². The first-order valence-electron chi connectivity index (χ1n) is 8.51. The van der Waals surface area contributed by atoms with Crippen molar-refractivity contribution in [1.29, 1.82) is 0 Å². The Kier molecular flexibility index (Phi) is 5.04. The van der Waals surface area contributed by atoms with Crippen molar-refractivity contribution in [2.24, 2.45) is 0 Å². The minimum Gasteiger partial charge on any atom is -0.481 e. The van der Waals surface area contributed by atoms with Crippen LogP contribution < -0.4 is 15.0 Å². The zero-order valence-electron chi connectivity index (χ0n) is 14.3. The third-order valence-corrected chi connectivity index (χ3v) is 4.28. The van der Waals surface area contributed by atoms with Crippen LogP contribution in [0.3, 0.4) is 0 Å². The second-order valence-electron chi connectivity index (χ2n) is 6.28. The van der Waals surface area contributed by atoms with Crippen LogP contribution in [0.5, 0.6) is 5.75 Å². The summed E-state index contributed by atoms with van der Waals surface area (Å²) in [6, 6.07) is 15.7. The van der Waals surface area contributed by atoms with Crippen LogP contribution in [0.2, 0.25) is 0 Å². The topological polar surface area (TPSA) is 41.6 Å². The summed E-state index contributed by atoms with van der Waals surface area (Å²) in [7, 11) is 0. The maximum absolute atomic E-state index is 12.5. The van der Waals surface area contributed by atoms with Crippen molar-refractivity contribution in [1.82, 2.24) is 0 Å². The Morgan fingerprint density at radius 2 is 1.88 bits per heavy atom. The number of aryl methyl sites for hydroxylation is 1. The molecule has 1 saturated heterocycles. The number of para-hydroxylation sites is 2. The molecule has 0 saturated carbocycles. The SMILES string of the molecule is Cc1cccc(O[C@@H](C)C(=O)Nc2ccccc2N2CCCC2)c1. The van der Waals surface area contributed by atoms with Crippen molar-refractivity contribution in [2.75, 3.05) is 23.3 Å². The highest BCUT2D eigenvalue weighted by Gasteiger charge is 2.19. The van der Waals surface area contributed by atoms with Gasteiger partial charge in [0.1, 0.15) is 5.75 Å². The average Bonchev–Trinajstić information content (AvgIpc) is 3.09. The molecule has 2 aromatic rings. The Bertz CT molecular complexity index is 708. The zero-order valence-corrected chi connectivity index (χ0v) is 14.3. The lowest BCUT2D eigenvalue weighted by molar-refractivity contribution is -0.122. The molecule has 1 aliphatic heterocycles. The summed E-state index contributed by atoms with van der Waals surface area (Å²) in [5.74, 6) is 0.577. The molecule has 0 spiro atoms. The van der Waals surface area contributed by atoms with E-state index in [1.54, 1.807) is 6.92 Å². The molecule has 3 rings (SSSR count). The van der Waals surface area contributed by atoms with Crippen LogP contribution in [0.25, 0.3) is 0 Å². The van der Waals surface area contributed by atoms with Crippen LogP contribution in [-0.4, -0.2) is 25.1 Å². The number of anilines is 2. The second kappa shape index (κ2) is 7.39. The molecule has 1 N–H and O–H groups in total. The van der Waals surface area contributed by atoms with Gasteiger partial charge in [0.05, 0.1) is 11.4 Å². The summed E-state index contributed by atoms with van der Waals surface area (Å²) >= 11 is 0. The molecule has 4 nitrogen and oxygen atoms in total. The summed E-state index contributed by atoms with van der Waals surface area (Å²) in [6.45, 7) is 5.87. The Balaban J connectivity index is 1.68. The van der Waals surface area contributed by atoms with Gasteiger partial charge in [0, 0.05) is 13.1 Å². The molecule has 1 atom stereocenters. The molecular weight excluding hydrogens is 300 g/mol. The van der Waals surface area contributed by atoms with Crippen LogP contribution >= 0.6 is 0 Å². The molecule has 1 fully saturated rings. The van der Waals surface area contributed by atoms with Gasteiger partial charge in [-0.3, -0.25) is 4.79 Å². The standard InChI is InChI=1S/C20H24N2O2/c1-15-8-7-9-17(14-15)24-16(2)20(23)21-18-10-3-4-11-19(18)22-12-5-6-13-22/h3-4,7-11,14,16H,5-6,12-13H2,1-2H3,(H,21,23)/t16-/m0/s1. The third kappa shape index (κ3) is 3.88. The number of nitrogens with one attached hydrogen (secondary N) is 1. The van der Waals surface area contributed by atoms with Crippen LogP contribution in [0.4, 0.5) is 11.4 Å². The van der Waals surface area contributed by atoms with Crippen LogP contribution in [0, 0.1) is 6.92 Å². The fourth-order valence-corrected chi connectivity index (χ4v) is 2.99. The summed E-state index contributed by atoms with van der Waals surface area (Å²) < 4.78 is 5.77. The minimum absolute atomic E-state index is 0.136. The van der Waals surface area contributed by atoms with E-state index < -0.39 is 6.10 Å². The van der Waals surface area contributed by atoms with Crippen molar-refractivity contribution in [3.05, 3.63) is 54.1 Å². The monoisotopic (exact) mass is 324 g/mol. The van der Waals surface area contributed by atoms with Crippen molar-refractivity contribution in [2.45, 2.75) is 32.8 Å². The average molecular weight is 324 g/mol. The van der Waals surface area contributed by atoms with E-state index in [2.05, 4.69) is 16.3 Å². The molecule has 0 radical (unpaired) electrons. The lowest BCUT2D eigenvalue weighted by atomic mass is 10.2. The summed E-state index contributed by atoms with van der Waals surface area (Å²) in [5, 5.41) is 3.02. The van der Waals surface area contributed by atoms with Crippen molar-refractivity contribution in [3.63, 3.8) is 0 Å². The number of ether oxygens (including phenoxy) is 1. The molecule has 1 heterocycles. The Morgan fingerprint density at radius 3 is 2.62 bits per heavy atom. The van der Waals surface area contributed by atoms with Gasteiger partial charge in [-0.15, -0.1) is 0 Å². The number of carbonyl (C=O) groups is 1. The van der Waals surface area contributed by atoms with Crippen LogP contribution in [0.15, 0.2) is 48.5 Å². The van der Waals surface area contributed by atoms with Gasteiger partial charge in [0.2, 0.25) is 0 Å². The number of nitrogens with zero attached hydrogens (tertiary/aromatic N) is 1. The summed E-state index contributed by atoms with van der Waals surface area (Å²) in [6.07, 6.45) is 1.85. The molecule has 126 valence electrons. The van der Waals surface area contributed by atoms with Gasteiger partial charge < -0.3 is 15.0 Å². The van der Waals surface area contributed by atoms with E-state index in [-0.39, 0.29) is 5.91 Å². The minimum atomic E-state index is -0.557. The molecular formula is C20H24N2O2. The fraction of sp³-hybridized carbons (Fsp3) is 0.350. The van der Waals surface area contributed by atoms with Gasteiger partial charge in [-0.1, -0.05) is 24.3 Å². The van der Waals surface area contributed by atoms with Crippen LogP contribution in [0.1, 0.15) is 25.3 Å². The zero-order chi connectivity index (χ0) is 16.9. The molecule has 0 bridgehead atoms. The van der Waals surface area contributed by atoms with Gasteiger partial charge >= 0.3 is 0 Å². The molecule has 0 aliphatic carbocycles.